The molecule has 1 aliphatic heterocycles. The van der Waals surface area contributed by atoms with E-state index in [1.54, 1.807) is 0 Å². The fourth-order valence-corrected chi connectivity index (χ4v) is 2.99. The third-order valence-electron chi connectivity index (χ3n) is 4.49. The highest BCUT2D eigenvalue weighted by molar-refractivity contribution is 5.84. The normalized spacial score (nSPS) is 14.3. The van der Waals surface area contributed by atoms with Gasteiger partial charge in [0.2, 0.25) is 6.79 Å². The molecule has 0 spiro atoms. The minimum Gasteiger partial charge on any atom is -0.454 e. The summed E-state index contributed by atoms with van der Waals surface area (Å²) in [5, 5.41) is 0. The van der Waals surface area contributed by atoms with Crippen LogP contribution in [0.3, 0.4) is 0 Å². The molecule has 5 heteroatoms. The fourth-order valence-electron chi connectivity index (χ4n) is 2.99. The standard InChI is InChI=1S/C19H21N3O2/c1-3-14(20)10-22-16-9-18-17(23-11-24-18)8-15(16)21-19(22)13-6-4-12(2)5-7-13/h4-9,14H,3,10-11,20H2,1-2H3. The highest BCUT2D eigenvalue weighted by Crippen LogP contribution is 2.37. The first-order chi connectivity index (χ1) is 11.7. The van der Waals surface area contributed by atoms with E-state index in [0.717, 1.165) is 46.9 Å². The number of hydrogen-bond acceptors (Lipinski definition) is 4. The molecule has 5 nitrogen and oxygen atoms in total. The van der Waals surface area contributed by atoms with Crippen LogP contribution in [-0.4, -0.2) is 22.4 Å². The first-order valence-corrected chi connectivity index (χ1v) is 8.28. The Kier molecular flexibility index (Phi) is 3.65. The van der Waals surface area contributed by atoms with Crippen molar-refractivity contribution in [2.75, 3.05) is 6.79 Å². The van der Waals surface area contributed by atoms with Gasteiger partial charge in [-0.2, -0.15) is 0 Å². The van der Waals surface area contributed by atoms with Crippen molar-refractivity contribution >= 4 is 11.0 Å². The van der Waals surface area contributed by atoms with Crippen molar-refractivity contribution in [1.82, 2.24) is 9.55 Å². The molecule has 0 amide bonds. The van der Waals surface area contributed by atoms with Crippen LogP contribution in [0.1, 0.15) is 18.9 Å². The van der Waals surface area contributed by atoms with E-state index < -0.39 is 0 Å². The first kappa shape index (κ1) is 15.0. The van der Waals surface area contributed by atoms with Crippen LogP contribution in [-0.2, 0) is 6.54 Å². The largest absolute Gasteiger partial charge is 0.454 e. The monoisotopic (exact) mass is 323 g/mol. The summed E-state index contributed by atoms with van der Waals surface area (Å²) in [5.74, 6) is 2.45. The number of imidazole rings is 1. The Morgan fingerprint density at radius 3 is 2.58 bits per heavy atom. The zero-order valence-corrected chi connectivity index (χ0v) is 14.0. The molecule has 1 aromatic heterocycles. The third-order valence-corrected chi connectivity index (χ3v) is 4.49. The Bertz CT molecular complexity index is 884. The van der Waals surface area contributed by atoms with Crippen molar-refractivity contribution in [3.8, 4) is 22.9 Å². The van der Waals surface area contributed by atoms with E-state index in [9.17, 15) is 0 Å². The number of benzene rings is 2. The lowest BCUT2D eigenvalue weighted by Crippen LogP contribution is -2.25. The summed E-state index contributed by atoms with van der Waals surface area (Å²) >= 11 is 0. The summed E-state index contributed by atoms with van der Waals surface area (Å²) in [6, 6.07) is 12.4. The molecule has 1 unspecified atom stereocenters. The van der Waals surface area contributed by atoms with Gasteiger partial charge in [-0.3, -0.25) is 0 Å². The molecule has 3 aromatic rings. The van der Waals surface area contributed by atoms with E-state index in [-0.39, 0.29) is 12.8 Å². The second-order valence-electron chi connectivity index (χ2n) is 6.27. The maximum absolute atomic E-state index is 6.23. The number of fused-ring (bicyclic) bond motifs is 2. The molecule has 0 bridgehead atoms. The number of nitrogens with zero attached hydrogens (tertiary/aromatic N) is 2. The van der Waals surface area contributed by atoms with Crippen LogP contribution in [0.2, 0.25) is 0 Å². The minimum absolute atomic E-state index is 0.0806. The van der Waals surface area contributed by atoms with Gasteiger partial charge in [0.25, 0.3) is 0 Å². The van der Waals surface area contributed by atoms with Gasteiger partial charge in [-0.05, 0) is 13.3 Å². The van der Waals surface area contributed by atoms with Gasteiger partial charge in [0.05, 0.1) is 11.0 Å². The molecule has 4 rings (SSSR count). The lowest BCUT2D eigenvalue weighted by molar-refractivity contribution is 0.174. The van der Waals surface area contributed by atoms with Gasteiger partial charge in [0.1, 0.15) is 5.82 Å². The third kappa shape index (κ3) is 2.51. The smallest absolute Gasteiger partial charge is 0.231 e. The number of ether oxygens (including phenoxy) is 2. The van der Waals surface area contributed by atoms with Crippen molar-refractivity contribution in [1.29, 1.82) is 0 Å². The summed E-state index contributed by atoms with van der Waals surface area (Å²) < 4.78 is 13.2. The van der Waals surface area contributed by atoms with Crippen LogP contribution < -0.4 is 15.2 Å². The van der Waals surface area contributed by atoms with Gasteiger partial charge in [0.15, 0.2) is 11.5 Å². The van der Waals surface area contributed by atoms with Gasteiger partial charge in [-0.1, -0.05) is 36.8 Å². The fraction of sp³-hybridized carbons (Fsp3) is 0.316. The highest BCUT2D eigenvalue weighted by atomic mass is 16.7. The van der Waals surface area contributed by atoms with Crippen molar-refractivity contribution in [3.63, 3.8) is 0 Å². The quantitative estimate of drug-likeness (QED) is 0.798. The second-order valence-corrected chi connectivity index (χ2v) is 6.27. The topological polar surface area (TPSA) is 62.3 Å². The molecule has 2 heterocycles. The molecule has 124 valence electrons. The van der Waals surface area contributed by atoms with Crippen molar-refractivity contribution in [3.05, 3.63) is 42.0 Å². The predicted molar refractivity (Wildman–Crippen MR) is 94.3 cm³/mol. The van der Waals surface area contributed by atoms with E-state index in [1.807, 2.05) is 12.1 Å². The number of hydrogen-bond donors (Lipinski definition) is 1. The molecular formula is C19H21N3O2. The molecule has 1 atom stereocenters. The maximum atomic E-state index is 6.23. The first-order valence-electron chi connectivity index (χ1n) is 8.28. The molecule has 2 aromatic carbocycles. The van der Waals surface area contributed by atoms with E-state index in [0.29, 0.717) is 0 Å². The van der Waals surface area contributed by atoms with Crippen molar-refractivity contribution < 1.29 is 9.47 Å². The SMILES string of the molecule is CCC(N)Cn1c(-c2ccc(C)cc2)nc2cc3c(cc21)OCO3. The maximum Gasteiger partial charge on any atom is 0.231 e. The summed E-state index contributed by atoms with van der Waals surface area (Å²) in [4.78, 5) is 4.85. The van der Waals surface area contributed by atoms with E-state index >= 15 is 0 Å². The van der Waals surface area contributed by atoms with Crippen LogP contribution in [0.5, 0.6) is 11.5 Å². The van der Waals surface area contributed by atoms with Crippen LogP contribution in [0.15, 0.2) is 36.4 Å². The van der Waals surface area contributed by atoms with Crippen LogP contribution in [0.25, 0.3) is 22.4 Å². The average molecular weight is 323 g/mol. The van der Waals surface area contributed by atoms with Gasteiger partial charge < -0.3 is 19.8 Å². The predicted octanol–water partition coefficient (Wildman–Crippen LogP) is 3.48. The number of rotatable bonds is 4. The van der Waals surface area contributed by atoms with Crippen LogP contribution in [0, 0.1) is 6.92 Å². The Morgan fingerprint density at radius 2 is 1.88 bits per heavy atom. The molecule has 0 saturated heterocycles. The molecule has 0 aliphatic carbocycles. The van der Waals surface area contributed by atoms with E-state index in [2.05, 4.69) is 42.7 Å². The number of nitrogens with two attached hydrogens (primary N) is 1. The Labute approximate surface area is 141 Å². The summed E-state index contributed by atoms with van der Waals surface area (Å²) in [6.07, 6.45) is 0.914. The lowest BCUT2D eigenvalue weighted by Gasteiger charge is -2.14. The molecule has 24 heavy (non-hydrogen) atoms. The lowest BCUT2D eigenvalue weighted by atomic mass is 10.1. The minimum atomic E-state index is 0.0806. The van der Waals surface area contributed by atoms with Crippen LogP contribution >= 0.6 is 0 Å². The molecular weight excluding hydrogens is 302 g/mol. The van der Waals surface area contributed by atoms with Gasteiger partial charge >= 0.3 is 0 Å². The Morgan fingerprint density at radius 1 is 1.17 bits per heavy atom. The highest BCUT2D eigenvalue weighted by Gasteiger charge is 2.20. The number of aromatic nitrogens is 2. The Hall–Kier alpha value is -2.53. The van der Waals surface area contributed by atoms with E-state index in [1.165, 1.54) is 5.56 Å². The molecule has 1 aliphatic rings. The Balaban J connectivity index is 1.90. The number of aryl methyl sites for hydroxylation is 1. The second kappa shape index (κ2) is 5.83. The molecule has 0 radical (unpaired) electrons. The van der Waals surface area contributed by atoms with Crippen molar-refractivity contribution in [2.24, 2.45) is 5.73 Å². The molecule has 0 fully saturated rings. The zero-order valence-electron chi connectivity index (χ0n) is 14.0. The van der Waals surface area contributed by atoms with Crippen LogP contribution in [0.4, 0.5) is 0 Å². The summed E-state index contributed by atoms with van der Waals surface area (Å²) in [6.45, 7) is 5.17. The molecule has 0 saturated carbocycles. The van der Waals surface area contributed by atoms with Crippen molar-refractivity contribution in [2.45, 2.75) is 32.9 Å². The summed E-state index contributed by atoms with van der Waals surface area (Å²) in [5.41, 5.74) is 10.5. The summed E-state index contributed by atoms with van der Waals surface area (Å²) in [7, 11) is 0. The van der Waals surface area contributed by atoms with Gasteiger partial charge in [-0.15, -0.1) is 0 Å². The van der Waals surface area contributed by atoms with Gasteiger partial charge in [-0.25, -0.2) is 4.98 Å². The van der Waals surface area contributed by atoms with Gasteiger partial charge in [0, 0.05) is 30.3 Å². The zero-order chi connectivity index (χ0) is 16.7. The molecule has 2 N–H and O–H groups in total. The van der Waals surface area contributed by atoms with E-state index in [4.69, 9.17) is 20.2 Å². The average Bonchev–Trinajstić information content (AvgIpc) is 3.18.